The van der Waals surface area contributed by atoms with E-state index in [1.165, 1.54) is 51.8 Å². The van der Waals surface area contributed by atoms with Gasteiger partial charge < -0.3 is 30.2 Å². The van der Waals surface area contributed by atoms with Crippen LogP contribution >= 0.6 is 0 Å². The number of hydrogen-bond acceptors (Lipinski definition) is 7. The summed E-state index contributed by atoms with van der Waals surface area (Å²) in [6.45, 7) is 1.75. The zero-order valence-corrected chi connectivity index (χ0v) is 22.8. The van der Waals surface area contributed by atoms with E-state index in [-0.39, 0.29) is 5.56 Å². The Balaban J connectivity index is 1.58. The zero-order valence-electron chi connectivity index (χ0n) is 22.8. The molecule has 3 aromatic carbocycles. The van der Waals surface area contributed by atoms with Crippen molar-refractivity contribution in [3.63, 3.8) is 0 Å². The number of carbonyl (C=O) groups is 2. The Kier molecular flexibility index (Phi) is 7.59. The van der Waals surface area contributed by atoms with Crippen molar-refractivity contribution in [3.8, 4) is 17.2 Å². The molecule has 210 valence electrons. The smallest absolute Gasteiger partial charge is 0.261 e. The Labute approximate surface area is 235 Å². The number of fused-ring (bicyclic) bond motifs is 1. The lowest BCUT2D eigenvalue weighted by Gasteiger charge is -2.30. The molecule has 0 aliphatic carbocycles. The summed E-state index contributed by atoms with van der Waals surface area (Å²) < 4.78 is 31.3. The lowest BCUT2D eigenvalue weighted by atomic mass is 9.94. The van der Waals surface area contributed by atoms with Gasteiger partial charge in [-0.25, -0.2) is 9.07 Å². The number of nitrogens with one attached hydrogen (secondary N) is 3. The first-order valence-corrected chi connectivity index (χ1v) is 12.6. The minimum absolute atomic E-state index is 0.239. The molecule has 0 bridgehead atoms. The number of methoxy groups -OCH3 is 3. The fourth-order valence-corrected chi connectivity index (χ4v) is 4.72. The third-order valence-corrected chi connectivity index (χ3v) is 6.69. The SMILES string of the molecule is COc1ccccc1NC(=O)C1=C(C)Nc2c(C(=O)Nc3ccc(F)cc3)cnn2[C@@H]1c1ccc(OC)c(OC)c1. The topological polar surface area (TPSA) is 116 Å². The van der Waals surface area contributed by atoms with Crippen molar-refractivity contribution in [3.05, 3.63) is 101 Å². The highest BCUT2D eigenvalue weighted by Crippen LogP contribution is 2.41. The molecule has 0 fully saturated rings. The summed E-state index contributed by atoms with van der Waals surface area (Å²) in [5.41, 5.74) is 2.71. The number of rotatable bonds is 8. The van der Waals surface area contributed by atoms with Crippen molar-refractivity contribution in [2.24, 2.45) is 0 Å². The Morgan fingerprint density at radius 2 is 1.59 bits per heavy atom. The van der Waals surface area contributed by atoms with Crippen LogP contribution in [-0.2, 0) is 4.79 Å². The molecule has 1 aliphatic rings. The van der Waals surface area contributed by atoms with Gasteiger partial charge in [0.05, 0.1) is 38.8 Å². The lowest BCUT2D eigenvalue weighted by Crippen LogP contribution is -2.32. The van der Waals surface area contributed by atoms with Crippen molar-refractivity contribution in [2.75, 3.05) is 37.3 Å². The molecule has 11 heteroatoms. The molecule has 1 aliphatic heterocycles. The maximum atomic E-state index is 13.9. The molecule has 1 aromatic heterocycles. The highest BCUT2D eigenvalue weighted by molar-refractivity contribution is 6.09. The number of ether oxygens (including phenoxy) is 3. The van der Waals surface area contributed by atoms with Crippen LogP contribution in [-0.4, -0.2) is 42.9 Å². The number of carbonyl (C=O) groups excluding carboxylic acids is 2. The van der Waals surface area contributed by atoms with Gasteiger partial charge in [0.25, 0.3) is 11.8 Å². The largest absolute Gasteiger partial charge is 0.495 e. The predicted molar refractivity (Wildman–Crippen MR) is 152 cm³/mol. The average Bonchev–Trinajstić information content (AvgIpc) is 3.41. The number of halogens is 1. The summed E-state index contributed by atoms with van der Waals surface area (Å²) in [6, 6.07) is 17.1. The third-order valence-electron chi connectivity index (χ3n) is 6.69. The van der Waals surface area contributed by atoms with Crippen molar-refractivity contribution in [1.82, 2.24) is 9.78 Å². The van der Waals surface area contributed by atoms with Gasteiger partial charge in [-0.1, -0.05) is 18.2 Å². The maximum Gasteiger partial charge on any atom is 0.261 e. The lowest BCUT2D eigenvalue weighted by molar-refractivity contribution is -0.113. The Hall–Kier alpha value is -5.32. The predicted octanol–water partition coefficient (Wildman–Crippen LogP) is 5.23. The van der Waals surface area contributed by atoms with Gasteiger partial charge in [0.15, 0.2) is 11.5 Å². The monoisotopic (exact) mass is 557 g/mol. The molecule has 0 saturated heterocycles. The van der Waals surface area contributed by atoms with Gasteiger partial charge in [0.1, 0.15) is 29.0 Å². The van der Waals surface area contributed by atoms with Gasteiger partial charge in [0, 0.05) is 11.4 Å². The van der Waals surface area contributed by atoms with Crippen molar-refractivity contribution < 1.29 is 28.2 Å². The molecule has 0 spiro atoms. The van der Waals surface area contributed by atoms with Crippen molar-refractivity contribution >= 4 is 29.0 Å². The van der Waals surface area contributed by atoms with E-state index in [1.54, 1.807) is 41.9 Å². The second-order valence-corrected chi connectivity index (χ2v) is 9.15. The van der Waals surface area contributed by atoms with E-state index in [2.05, 4.69) is 21.0 Å². The summed E-state index contributed by atoms with van der Waals surface area (Å²) >= 11 is 0. The molecule has 3 N–H and O–H groups in total. The van der Waals surface area contributed by atoms with Crippen LogP contribution in [0.1, 0.15) is 28.9 Å². The van der Waals surface area contributed by atoms with Gasteiger partial charge in [-0.15, -0.1) is 0 Å². The summed E-state index contributed by atoms with van der Waals surface area (Å²) in [4.78, 5) is 27.1. The minimum atomic E-state index is -0.742. The number of hydrogen-bond donors (Lipinski definition) is 3. The van der Waals surface area contributed by atoms with E-state index in [1.807, 2.05) is 12.1 Å². The quantitative estimate of drug-likeness (QED) is 0.272. The van der Waals surface area contributed by atoms with E-state index in [4.69, 9.17) is 14.2 Å². The molecular weight excluding hydrogens is 529 g/mol. The van der Waals surface area contributed by atoms with Crippen LogP contribution in [0.2, 0.25) is 0 Å². The van der Waals surface area contributed by atoms with Crippen LogP contribution in [0.3, 0.4) is 0 Å². The molecule has 10 nitrogen and oxygen atoms in total. The molecule has 2 heterocycles. The highest BCUT2D eigenvalue weighted by Gasteiger charge is 2.36. The molecule has 0 unspecified atom stereocenters. The third kappa shape index (κ3) is 5.29. The van der Waals surface area contributed by atoms with E-state index >= 15 is 0 Å². The number of amides is 2. The van der Waals surface area contributed by atoms with Gasteiger partial charge in [-0.3, -0.25) is 9.59 Å². The van der Waals surface area contributed by atoms with E-state index in [0.717, 1.165) is 0 Å². The number of benzene rings is 3. The van der Waals surface area contributed by atoms with Crippen LogP contribution < -0.4 is 30.2 Å². The summed E-state index contributed by atoms with van der Waals surface area (Å²) in [6.07, 6.45) is 1.42. The Morgan fingerprint density at radius 3 is 2.29 bits per heavy atom. The molecule has 0 radical (unpaired) electrons. The number of allylic oxidation sites excluding steroid dienone is 1. The fourth-order valence-electron chi connectivity index (χ4n) is 4.72. The maximum absolute atomic E-state index is 13.9. The van der Waals surface area contributed by atoms with Crippen molar-refractivity contribution in [1.29, 1.82) is 0 Å². The standard InChI is InChI=1S/C30H28FN5O5/c1-17-26(30(38)35-22-7-5-6-8-23(22)39-2)27(18-9-14-24(40-3)25(15-18)41-4)36-28(33-17)21(16-32-36)29(37)34-20-12-10-19(31)11-13-20/h5-16,27,33H,1-4H3,(H,34,37)(H,35,38)/t27-/m1/s1. The van der Waals surface area contributed by atoms with Crippen LogP contribution in [0, 0.1) is 5.82 Å². The Bertz CT molecular complexity index is 1650. The van der Waals surface area contributed by atoms with Crippen LogP contribution in [0.25, 0.3) is 0 Å². The van der Waals surface area contributed by atoms with Crippen molar-refractivity contribution in [2.45, 2.75) is 13.0 Å². The van der Waals surface area contributed by atoms with Crippen LogP contribution in [0.5, 0.6) is 17.2 Å². The molecule has 2 amide bonds. The second kappa shape index (κ2) is 11.4. The summed E-state index contributed by atoms with van der Waals surface area (Å²) in [5, 5.41) is 13.4. The van der Waals surface area contributed by atoms with Gasteiger partial charge in [-0.05, 0) is 61.0 Å². The number of nitrogens with zero attached hydrogens (tertiary/aromatic N) is 2. The molecule has 0 saturated carbocycles. The molecular formula is C30H28FN5O5. The normalized spacial score (nSPS) is 14.0. The van der Waals surface area contributed by atoms with Gasteiger partial charge in [-0.2, -0.15) is 5.10 Å². The molecule has 4 aromatic rings. The molecule has 41 heavy (non-hydrogen) atoms. The number of aromatic nitrogens is 2. The number of anilines is 3. The van der Waals surface area contributed by atoms with Crippen LogP contribution in [0.15, 0.2) is 84.2 Å². The van der Waals surface area contributed by atoms with Crippen LogP contribution in [0.4, 0.5) is 21.6 Å². The number of para-hydroxylation sites is 2. The van der Waals surface area contributed by atoms with E-state index in [0.29, 0.717) is 51.3 Å². The van der Waals surface area contributed by atoms with E-state index in [9.17, 15) is 14.0 Å². The molecule has 1 atom stereocenters. The van der Waals surface area contributed by atoms with E-state index < -0.39 is 23.7 Å². The Morgan fingerprint density at radius 1 is 0.878 bits per heavy atom. The summed E-state index contributed by atoms with van der Waals surface area (Å²) in [7, 11) is 4.59. The molecule has 5 rings (SSSR count). The van der Waals surface area contributed by atoms with Gasteiger partial charge >= 0.3 is 0 Å². The average molecular weight is 558 g/mol. The summed E-state index contributed by atoms with van der Waals surface area (Å²) in [5.74, 6) is 0.620. The second-order valence-electron chi connectivity index (χ2n) is 9.15. The first kappa shape index (κ1) is 27.3. The minimum Gasteiger partial charge on any atom is -0.495 e. The fraction of sp³-hybridized carbons (Fsp3) is 0.167. The zero-order chi connectivity index (χ0) is 29.1. The first-order chi connectivity index (χ1) is 19.8. The van der Waals surface area contributed by atoms with Gasteiger partial charge in [0.2, 0.25) is 0 Å². The highest BCUT2D eigenvalue weighted by atomic mass is 19.1. The first-order valence-electron chi connectivity index (χ1n) is 12.6.